The van der Waals surface area contributed by atoms with E-state index < -0.39 is 12.0 Å². The van der Waals surface area contributed by atoms with Gasteiger partial charge in [0.15, 0.2) is 0 Å². The highest BCUT2D eigenvalue weighted by Crippen LogP contribution is 2.06. The first kappa shape index (κ1) is 34.3. The normalized spacial score (nSPS) is 12.7. The summed E-state index contributed by atoms with van der Waals surface area (Å²) in [5.41, 5.74) is 0.383. The number of hydrogen-bond acceptors (Lipinski definition) is 5. The van der Waals surface area contributed by atoms with E-state index in [1.165, 1.54) is 13.3 Å². The van der Waals surface area contributed by atoms with E-state index >= 15 is 0 Å². The van der Waals surface area contributed by atoms with Crippen LogP contribution >= 0.6 is 0 Å². The number of carbonyl (C=O) groups excluding carboxylic acids is 3. The largest absolute Gasteiger partial charge is 0.467 e. The zero-order chi connectivity index (χ0) is 29.1. The summed E-state index contributed by atoms with van der Waals surface area (Å²) in [5.74, 6) is -0.831. The number of rotatable bonds is 21. The van der Waals surface area contributed by atoms with Crippen LogP contribution in [0.4, 0.5) is 0 Å². The topological polar surface area (TPSA) is 97.4 Å². The second-order valence-electron chi connectivity index (χ2n) is 9.24. The van der Waals surface area contributed by atoms with Crippen molar-refractivity contribution in [1.82, 2.24) is 15.6 Å². The summed E-state index contributed by atoms with van der Waals surface area (Å²) in [5, 5.41) is 5.62. The maximum Gasteiger partial charge on any atom is 0.328 e. The molecule has 1 atom stereocenters. The van der Waals surface area contributed by atoms with Gasteiger partial charge in [-0.2, -0.15) is 0 Å². The SMILES string of the molecule is CCC=CCC=CCC=CCC=CCC=CCCCC(=O)NCCCCC(NC(=O)c1cccnc1)C(=O)OC. The Morgan fingerprint density at radius 3 is 2.08 bits per heavy atom. The van der Waals surface area contributed by atoms with E-state index in [-0.39, 0.29) is 11.8 Å². The number of ether oxygens (including phenoxy) is 1. The Morgan fingerprint density at radius 1 is 0.875 bits per heavy atom. The van der Waals surface area contributed by atoms with Gasteiger partial charge in [0.25, 0.3) is 5.91 Å². The smallest absolute Gasteiger partial charge is 0.328 e. The van der Waals surface area contributed by atoms with E-state index in [1.54, 1.807) is 18.3 Å². The lowest BCUT2D eigenvalue weighted by atomic mass is 10.1. The average Bonchev–Trinajstić information content (AvgIpc) is 2.97. The number of hydrogen-bond donors (Lipinski definition) is 2. The zero-order valence-corrected chi connectivity index (χ0v) is 24.2. The van der Waals surface area contributed by atoms with Gasteiger partial charge in [-0.1, -0.05) is 67.7 Å². The molecule has 0 aromatic carbocycles. The predicted octanol–water partition coefficient (Wildman–Crippen LogP) is 6.56. The van der Waals surface area contributed by atoms with Crippen LogP contribution in [0.15, 0.2) is 85.3 Å². The molecule has 40 heavy (non-hydrogen) atoms. The second-order valence-corrected chi connectivity index (χ2v) is 9.24. The van der Waals surface area contributed by atoms with Crippen molar-refractivity contribution in [2.45, 2.75) is 83.6 Å². The van der Waals surface area contributed by atoms with Crippen molar-refractivity contribution in [3.8, 4) is 0 Å². The highest BCUT2D eigenvalue weighted by Gasteiger charge is 2.21. The molecule has 0 aliphatic rings. The minimum absolute atomic E-state index is 0.0294. The molecule has 1 aromatic heterocycles. The van der Waals surface area contributed by atoms with Gasteiger partial charge in [-0.25, -0.2) is 4.79 Å². The Hall–Kier alpha value is -3.74. The standard InChI is InChI=1S/C33H47N3O4/c1-3-4-5-6-7-8-9-10-11-12-13-14-15-16-17-18-19-25-31(37)35-27-21-20-24-30(33(39)40-2)36-32(38)29-23-22-26-34-28-29/h4-5,7-8,10-11,13-14,16-17,22-23,26,28,30H,3,6,9,12,15,18-21,24-25,27H2,1-2H3,(H,35,37)(H,36,38). The molecule has 1 rings (SSSR count). The van der Waals surface area contributed by atoms with E-state index in [0.717, 1.165) is 44.9 Å². The minimum atomic E-state index is -0.739. The second kappa shape index (κ2) is 24.3. The van der Waals surface area contributed by atoms with Gasteiger partial charge < -0.3 is 15.4 Å². The van der Waals surface area contributed by atoms with Crippen LogP contribution in [0.5, 0.6) is 0 Å². The van der Waals surface area contributed by atoms with Gasteiger partial charge in [-0.05, 0) is 76.3 Å². The van der Waals surface area contributed by atoms with E-state index in [4.69, 9.17) is 4.74 Å². The third kappa shape index (κ3) is 18.5. The maximum atomic E-state index is 12.3. The number of aromatic nitrogens is 1. The van der Waals surface area contributed by atoms with Crippen LogP contribution in [-0.2, 0) is 14.3 Å². The van der Waals surface area contributed by atoms with Gasteiger partial charge in [0.2, 0.25) is 5.91 Å². The highest BCUT2D eigenvalue weighted by molar-refractivity contribution is 5.96. The number of carbonyl (C=O) groups is 3. The van der Waals surface area contributed by atoms with Gasteiger partial charge in [-0.15, -0.1) is 0 Å². The van der Waals surface area contributed by atoms with Crippen LogP contribution in [0.1, 0.15) is 87.9 Å². The fourth-order valence-corrected chi connectivity index (χ4v) is 3.67. The lowest BCUT2D eigenvalue weighted by Gasteiger charge is -2.16. The van der Waals surface area contributed by atoms with Gasteiger partial charge >= 0.3 is 5.97 Å². The van der Waals surface area contributed by atoms with Crippen molar-refractivity contribution in [3.05, 3.63) is 90.9 Å². The number of unbranched alkanes of at least 4 members (excludes halogenated alkanes) is 2. The van der Waals surface area contributed by atoms with E-state index in [1.807, 2.05) is 0 Å². The van der Waals surface area contributed by atoms with Crippen LogP contribution in [0, 0.1) is 0 Å². The molecule has 1 heterocycles. The minimum Gasteiger partial charge on any atom is -0.467 e. The Labute approximate surface area is 240 Å². The van der Waals surface area contributed by atoms with Crippen molar-refractivity contribution in [3.63, 3.8) is 0 Å². The van der Waals surface area contributed by atoms with Crippen LogP contribution in [0.3, 0.4) is 0 Å². The van der Waals surface area contributed by atoms with Crippen LogP contribution in [0.2, 0.25) is 0 Å². The third-order valence-corrected chi connectivity index (χ3v) is 5.89. The van der Waals surface area contributed by atoms with Gasteiger partial charge in [0.05, 0.1) is 12.7 Å². The molecular formula is C33H47N3O4. The summed E-state index contributed by atoms with van der Waals surface area (Å²) < 4.78 is 4.81. The lowest BCUT2D eigenvalue weighted by Crippen LogP contribution is -2.41. The summed E-state index contributed by atoms with van der Waals surface area (Å²) in [6, 6.07) is 2.55. The monoisotopic (exact) mass is 549 g/mol. The van der Waals surface area contributed by atoms with Crippen molar-refractivity contribution < 1.29 is 19.1 Å². The number of esters is 1. The Bertz CT molecular complexity index is 981. The first-order chi connectivity index (χ1) is 19.6. The molecule has 2 amide bonds. The van der Waals surface area contributed by atoms with Crippen molar-refractivity contribution in [1.29, 1.82) is 0 Å². The third-order valence-electron chi connectivity index (χ3n) is 5.89. The maximum absolute atomic E-state index is 12.3. The van der Waals surface area contributed by atoms with Crippen molar-refractivity contribution >= 4 is 17.8 Å². The van der Waals surface area contributed by atoms with E-state index in [9.17, 15) is 14.4 Å². The molecule has 0 saturated heterocycles. The number of amides is 2. The fourth-order valence-electron chi connectivity index (χ4n) is 3.67. The molecule has 7 nitrogen and oxygen atoms in total. The molecule has 1 aromatic rings. The quantitative estimate of drug-likeness (QED) is 0.103. The summed E-state index contributed by atoms with van der Waals surface area (Å²) in [6.07, 6.45) is 33.6. The van der Waals surface area contributed by atoms with Gasteiger partial charge in [0, 0.05) is 25.4 Å². The Morgan fingerprint density at radius 2 is 1.50 bits per heavy atom. The van der Waals surface area contributed by atoms with E-state index in [0.29, 0.717) is 37.8 Å². The number of allylic oxidation sites excluding steroid dienone is 10. The fraction of sp³-hybridized carbons (Fsp3) is 0.455. The summed E-state index contributed by atoms with van der Waals surface area (Å²) in [7, 11) is 1.30. The Balaban J connectivity index is 2.08. The molecular weight excluding hydrogens is 502 g/mol. The predicted molar refractivity (Wildman–Crippen MR) is 163 cm³/mol. The summed E-state index contributed by atoms with van der Waals surface area (Å²) in [6.45, 7) is 2.68. The van der Waals surface area contributed by atoms with E-state index in [2.05, 4.69) is 83.3 Å². The molecule has 2 N–H and O–H groups in total. The van der Waals surface area contributed by atoms with Crippen molar-refractivity contribution in [2.75, 3.05) is 13.7 Å². The molecule has 0 fully saturated rings. The number of nitrogens with zero attached hydrogens (tertiary/aromatic N) is 1. The molecule has 0 spiro atoms. The van der Waals surface area contributed by atoms with Crippen molar-refractivity contribution in [2.24, 2.45) is 0 Å². The molecule has 0 bridgehead atoms. The first-order valence-corrected chi connectivity index (χ1v) is 14.4. The summed E-state index contributed by atoms with van der Waals surface area (Å²) in [4.78, 5) is 40.3. The van der Waals surface area contributed by atoms with Crippen LogP contribution in [0.25, 0.3) is 0 Å². The molecule has 0 aliphatic carbocycles. The summed E-state index contributed by atoms with van der Waals surface area (Å²) >= 11 is 0. The zero-order valence-electron chi connectivity index (χ0n) is 24.2. The number of pyridine rings is 1. The molecule has 218 valence electrons. The van der Waals surface area contributed by atoms with Crippen LogP contribution < -0.4 is 10.6 Å². The molecule has 0 aliphatic heterocycles. The number of methoxy groups -OCH3 is 1. The average molecular weight is 550 g/mol. The molecule has 0 radical (unpaired) electrons. The highest BCUT2D eigenvalue weighted by atomic mass is 16.5. The molecule has 0 saturated carbocycles. The molecule has 7 heteroatoms. The van der Waals surface area contributed by atoms with Gasteiger partial charge in [-0.3, -0.25) is 14.6 Å². The van der Waals surface area contributed by atoms with Gasteiger partial charge in [0.1, 0.15) is 6.04 Å². The Kier molecular flexibility index (Phi) is 20.8. The van der Waals surface area contributed by atoms with Crippen LogP contribution in [-0.4, -0.2) is 42.5 Å². The molecule has 1 unspecified atom stereocenters. The first-order valence-electron chi connectivity index (χ1n) is 14.4. The lowest BCUT2D eigenvalue weighted by molar-refractivity contribution is -0.143. The number of nitrogens with one attached hydrogen (secondary N) is 2.